The van der Waals surface area contributed by atoms with Gasteiger partial charge in [0.05, 0.1) is 5.69 Å². The lowest BCUT2D eigenvalue weighted by Crippen LogP contribution is -2.31. The molecule has 1 aliphatic rings. The van der Waals surface area contributed by atoms with Crippen LogP contribution < -0.4 is 5.32 Å². The van der Waals surface area contributed by atoms with Gasteiger partial charge in [0.1, 0.15) is 0 Å². The number of hydrogen-bond donors (Lipinski definition) is 2. The van der Waals surface area contributed by atoms with E-state index in [2.05, 4.69) is 43.6 Å². The molecule has 3 rings (SSSR count). The lowest BCUT2D eigenvalue weighted by molar-refractivity contribution is -0.124. The van der Waals surface area contributed by atoms with Crippen LogP contribution in [0.5, 0.6) is 0 Å². The molecule has 1 aliphatic carbocycles. The summed E-state index contributed by atoms with van der Waals surface area (Å²) in [5.41, 5.74) is 5.62. The topological polar surface area (TPSA) is 57.8 Å². The molecule has 2 N–H and O–H groups in total. The van der Waals surface area contributed by atoms with Crippen molar-refractivity contribution in [3.63, 3.8) is 0 Å². The summed E-state index contributed by atoms with van der Waals surface area (Å²) in [7, 11) is 0. The SMILES string of the molecule is Cc1n[nH]c(C)c1CNC(=O)C1Cc2ccc(Br)cc2C1. The van der Waals surface area contributed by atoms with Gasteiger partial charge in [-0.05, 0) is 49.9 Å². The number of aromatic nitrogens is 2. The molecule has 0 radical (unpaired) electrons. The highest BCUT2D eigenvalue weighted by molar-refractivity contribution is 9.10. The number of fused-ring (bicyclic) bond motifs is 1. The molecule has 0 spiro atoms. The van der Waals surface area contributed by atoms with Gasteiger partial charge in [-0.15, -0.1) is 0 Å². The summed E-state index contributed by atoms with van der Waals surface area (Å²) in [6, 6.07) is 6.27. The number of H-pyrrole nitrogens is 1. The average molecular weight is 348 g/mol. The fraction of sp³-hybridized carbons (Fsp3) is 0.375. The molecule has 1 aromatic heterocycles. The van der Waals surface area contributed by atoms with Crippen LogP contribution in [0.3, 0.4) is 0 Å². The largest absolute Gasteiger partial charge is 0.352 e. The Kier molecular flexibility index (Phi) is 3.85. The van der Waals surface area contributed by atoms with E-state index >= 15 is 0 Å². The number of hydrogen-bond acceptors (Lipinski definition) is 2. The van der Waals surface area contributed by atoms with Crippen LogP contribution in [-0.4, -0.2) is 16.1 Å². The molecule has 1 unspecified atom stereocenters. The van der Waals surface area contributed by atoms with E-state index in [4.69, 9.17) is 0 Å². The van der Waals surface area contributed by atoms with Crippen LogP contribution >= 0.6 is 15.9 Å². The van der Waals surface area contributed by atoms with E-state index in [1.54, 1.807) is 0 Å². The maximum Gasteiger partial charge on any atom is 0.224 e. The fourth-order valence-corrected chi connectivity index (χ4v) is 3.33. The van der Waals surface area contributed by atoms with Crippen molar-refractivity contribution >= 4 is 21.8 Å². The maximum atomic E-state index is 12.4. The molecular formula is C16H18BrN3O. The predicted molar refractivity (Wildman–Crippen MR) is 84.9 cm³/mol. The Hall–Kier alpha value is -1.62. The standard InChI is InChI=1S/C16H18BrN3O/c1-9-15(10(2)20-19-9)8-18-16(21)13-5-11-3-4-14(17)7-12(11)6-13/h3-4,7,13H,5-6,8H2,1-2H3,(H,18,21)(H,19,20). The summed E-state index contributed by atoms with van der Waals surface area (Å²) in [6.45, 7) is 4.47. The highest BCUT2D eigenvalue weighted by Crippen LogP contribution is 2.29. The first-order valence-electron chi connectivity index (χ1n) is 7.10. The van der Waals surface area contributed by atoms with Gasteiger partial charge in [-0.1, -0.05) is 22.0 Å². The Balaban J connectivity index is 1.63. The van der Waals surface area contributed by atoms with Gasteiger partial charge < -0.3 is 5.32 Å². The summed E-state index contributed by atoms with van der Waals surface area (Å²) >= 11 is 3.48. The van der Waals surface area contributed by atoms with Crippen molar-refractivity contribution in [1.29, 1.82) is 0 Å². The monoisotopic (exact) mass is 347 g/mol. The lowest BCUT2D eigenvalue weighted by atomic mass is 10.1. The van der Waals surface area contributed by atoms with Gasteiger partial charge in [0, 0.05) is 28.2 Å². The number of halogens is 1. The predicted octanol–water partition coefficient (Wildman–Crippen LogP) is 2.82. The first-order chi connectivity index (χ1) is 10.0. The minimum atomic E-state index is 0.0433. The van der Waals surface area contributed by atoms with Crippen molar-refractivity contribution in [2.45, 2.75) is 33.2 Å². The van der Waals surface area contributed by atoms with Gasteiger partial charge in [0.25, 0.3) is 0 Å². The summed E-state index contributed by atoms with van der Waals surface area (Å²) in [6.07, 6.45) is 1.65. The van der Waals surface area contributed by atoms with Crippen LogP contribution in [-0.2, 0) is 24.2 Å². The third kappa shape index (κ3) is 2.88. The van der Waals surface area contributed by atoms with Crippen molar-refractivity contribution in [2.75, 3.05) is 0 Å². The number of nitrogens with zero attached hydrogens (tertiary/aromatic N) is 1. The Bertz CT molecular complexity index is 673. The van der Waals surface area contributed by atoms with Crippen LogP contribution in [0.2, 0.25) is 0 Å². The number of aryl methyl sites for hydroxylation is 2. The summed E-state index contributed by atoms with van der Waals surface area (Å²) < 4.78 is 1.08. The number of carbonyl (C=O) groups excluding carboxylic acids is 1. The molecule has 1 heterocycles. The second-order valence-electron chi connectivity index (χ2n) is 5.65. The molecule has 1 aromatic carbocycles. The van der Waals surface area contributed by atoms with E-state index in [1.807, 2.05) is 19.9 Å². The highest BCUT2D eigenvalue weighted by atomic mass is 79.9. The van der Waals surface area contributed by atoms with Crippen LogP contribution in [0.25, 0.3) is 0 Å². The Labute approximate surface area is 132 Å². The average Bonchev–Trinajstić information content (AvgIpc) is 3.00. The molecule has 1 atom stereocenters. The molecule has 110 valence electrons. The fourth-order valence-electron chi connectivity index (χ4n) is 2.93. The minimum absolute atomic E-state index is 0.0433. The van der Waals surface area contributed by atoms with Gasteiger partial charge in [0.2, 0.25) is 5.91 Å². The van der Waals surface area contributed by atoms with Crippen LogP contribution in [0.15, 0.2) is 22.7 Å². The van der Waals surface area contributed by atoms with Crippen molar-refractivity contribution in [3.05, 3.63) is 50.8 Å². The molecule has 5 heteroatoms. The van der Waals surface area contributed by atoms with Gasteiger partial charge in [0.15, 0.2) is 0 Å². The van der Waals surface area contributed by atoms with Crippen LogP contribution in [0, 0.1) is 19.8 Å². The van der Waals surface area contributed by atoms with Crippen molar-refractivity contribution in [2.24, 2.45) is 5.92 Å². The Morgan fingerprint density at radius 3 is 2.86 bits per heavy atom. The second-order valence-corrected chi connectivity index (χ2v) is 6.56. The second kappa shape index (κ2) is 5.64. The summed E-state index contributed by atoms with van der Waals surface area (Å²) in [5, 5.41) is 10.1. The smallest absolute Gasteiger partial charge is 0.224 e. The molecule has 1 amide bonds. The number of amides is 1. The molecule has 4 nitrogen and oxygen atoms in total. The van der Waals surface area contributed by atoms with E-state index < -0.39 is 0 Å². The molecule has 0 saturated carbocycles. The zero-order chi connectivity index (χ0) is 15.0. The number of aromatic amines is 1. The molecular weight excluding hydrogens is 330 g/mol. The minimum Gasteiger partial charge on any atom is -0.352 e. The maximum absolute atomic E-state index is 12.4. The van der Waals surface area contributed by atoms with Crippen LogP contribution in [0.1, 0.15) is 28.1 Å². The van der Waals surface area contributed by atoms with E-state index in [1.165, 1.54) is 11.1 Å². The molecule has 21 heavy (non-hydrogen) atoms. The lowest BCUT2D eigenvalue weighted by Gasteiger charge is -2.10. The number of nitrogens with one attached hydrogen (secondary N) is 2. The van der Waals surface area contributed by atoms with E-state index in [9.17, 15) is 4.79 Å². The molecule has 0 fully saturated rings. The first-order valence-corrected chi connectivity index (χ1v) is 7.89. The first kappa shape index (κ1) is 14.3. The molecule has 0 bridgehead atoms. The van der Waals surface area contributed by atoms with Crippen molar-refractivity contribution < 1.29 is 4.79 Å². The Morgan fingerprint density at radius 2 is 2.14 bits per heavy atom. The normalized spacial score (nSPS) is 16.8. The zero-order valence-corrected chi connectivity index (χ0v) is 13.8. The molecule has 0 aliphatic heterocycles. The molecule has 2 aromatic rings. The third-order valence-electron chi connectivity index (χ3n) is 4.19. The highest BCUT2D eigenvalue weighted by Gasteiger charge is 2.27. The van der Waals surface area contributed by atoms with Gasteiger partial charge in [-0.25, -0.2) is 0 Å². The quantitative estimate of drug-likeness (QED) is 0.896. The third-order valence-corrected chi connectivity index (χ3v) is 4.69. The Morgan fingerprint density at radius 1 is 1.38 bits per heavy atom. The number of benzene rings is 1. The van der Waals surface area contributed by atoms with E-state index in [0.29, 0.717) is 6.54 Å². The van der Waals surface area contributed by atoms with E-state index in [0.717, 1.165) is 34.3 Å². The van der Waals surface area contributed by atoms with Crippen LogP contribution in [0.4, 0.5) is 0 Å². The van der Waals surface area contributed by atoms with Crippen molar-refractivity contribution in [3.8, 4) is 0 Å². The van der Waals surface area contributed by atoms with Crippen molar-refractivity contribution in [1.82, 2.24) is 15.5 Å². The number of rotatable bonds is 3. The van der Waals surface area contributed by atoms with Gasteiger partial charge in [-0.3, -0.25) is 9.89 Å². The summed E-state index contributed by atoms with van der Waals surface area (Å²) in [4.78, 5) is 12.4. The van der Waals surface area contributed by atoms with E-state index in [-0.39, 0.29) is 11.8 Å². The number of carbonyl (C=O) groups is 1. The zero-order valence-electron chi connectivity index (χ0n) is 12.2. The van der Waals surface area contributed by atoms with Gasteiger partial charge in [-0.2, -0.15) is 5.10 Å². The summed E-state index contributed by atoms with van der Waals surface area (Å²) in [5.74, 6) is 0.170. The van der Waals surface area contributed by atoms with Gasteiger partial charge >= 0.3 is 0 Å². The molecule has 0 saturated heterocycles.